The van der Waals surface area contributed by atoms with Gasteiger partial charge in [0.05, 0.1) is 25.3 Å². The molecule has 3 fully saturated rings. The summed E-state index contributed by atoms with van der Waals surface area (Å²) < 4.78 is 9.45. The van der Waals surface area contributed by atoms with Crippen LogP contribution in [-0.4, -0.2) is 73.9 Å². The molecule has 0 radical (unpaired) electrons. The number of nitrogens with zero attached hydrogens (tertiary/aromatic N) is 2. The number of benzene rings is 2. The standard InChI is InChI=1S/C19H27NO2.C18H27NO3/c1-22-18(21)17-7-5-16(6-8-17)15-20-13-11-19(12-14-20)9-3-2-4-10-19;1-3-8-18(14-20)9-11-19(12-10-18)13-15-4-6-16(7-5-15)17(21)22-2/h5-8H,2-4,9-15H2,1H3;4-7,20H,3,8-14H2,1-2H3. The van der Waals surface area contributed by atoms with Gasteiger partial charge in [-0.05, 0) is 117 Å². The first-order valence-corrected chi connectivity index (χ1v) is 16.7. The Morgan fingerprint density at radius 3 is 1.50 bits per heavy atom. The molecule has 0 atom stereocenters. The van der Waals surface area contributed by atoms with Gasteiger partial charge in [0, 0.05) is 19.7 Å². The van der Waals surface area contributed by atoms with Gasteiger partial charge in [-0.25, -0.2) is 9.59 Å². The molecular formula is C37H54N2O5. The monoisotopic (exact) mass is 606 g/mol. The molecule has 7 heteroatoms. The second kappa shape index (κ2) is 16.5. The molecule has 2 aromatic rings. The molecule has 2 aromatic carbocycles. The van der Waals surface area contributed by atoms with E-state index in [9.17, 15) is 14.7 Å². The van der Waals surface area contributed by atoms with Crippen LogP contribution in [0.25, 0.3) is 0 Å². The summed E-state index contributed by atoms with van der Waals surface area (Å²) in [6.07, 6.45) is 14.3. The van der Waals surface area contributed by atoms with E-state index in [-0.39, 0.29) is 17.4 Å². The quantitative estimate of drug-likeness (QED) is 0.312. The maximum absolute atomic E-state index is 11.5. The van der Waals surface area contributed by atoms with Gasteiger partial charge in [-0.1, -0.05) is 56.9 Å². The Balaban J connectivity index is 0.000000201. The molecule has 44 heavy (non-hydrogen) atoms. The first-order chi connectivity index (χ1) is 21.3. The number of rotatable bonds is 9. The highest BCUT2D eigenvalue weighted by Crippen LogP contribution is 2.44. The van der Waals surface area contributed by atoms with Crippen LogP contribution in [0.2, 0.25) is 0 Å². The molecule has 1 N–H and O–H groups in total. The average Bonchev–Trinajstić information content (AvgIpc) is 3.07. The lowest BCUT2D eigenvalue weighted by Crippen LogP contribution is -2.41. The first-order valence-electron chi connectivity index (χ1n) is 16.7. The smallest absolute Gasteiger partial charge is 0.337 e. The number of ether oxygens (including phenoxy) is 2. The van der Waals surface area contributed by atoms with Crippen molar-refractivity contribution < 1.29 is 24.2 Å². The maximum Gasteiger partial charge on any atom is 0.337 e. The van der Waals surface area contributed by atoms with Gasteiger partial charge in [0.15, 0.2) is 0 Å². The highest BCUT2D eigenvalue weighted by atomic mass is 16.5. The highest BCUT2D eigenvalue weighted by Gasteiger charge is 2.35. The van der Waals surface area contributed by atoms with Crippen molar-refractivity contribution in [2.75, 3.05) is 47.0 Å². The molecule has 0 bridgehead atoms. The zero-order chi connectivity index (χ0) is 31.4. The number of hydrogen-bond donors (Lipinski definition) is 1. The van der Waals surface area contributed by atoms with Crippen LogP contribution in [0.3, 0.4) is 0 Å². The lowest BCUT2D eigenvalue weighted by molar-refractivity contribution is 0.0339. The molecule has 1 aliphatic carbocycles. The summed E-state index contributed by atoms with van der Waals surface area (Å²) in [5, 5.41) is 9.69. The molecule has 5 rings (SSSR count). The van der Waals surface area contributed by atoms with Crippen LogP contribution in [-0.2, 0) is 22.6 Å². The first kappa shape index (κ1) is 34.1. The Hall–Kier alpha value is -2.74. The Labute approximate surface area is 264 Å². The van der Waals surface area contributed by atoms with Gasteiger partial charge in [0.25, 0.3) is 0 Å². The maximum atomic E-state index is 11.5. The van der Waals surface area contributed by atoms with Gasteiger partial charge in [-0.2, -0.15) is 0 Å². The normalized spacial score (nSPS) is 19.9. The molecule has 242 valence electrons. The minimum Gasteiger partial charge on any atom is -0.465 e. The van der Waals surface area contributed by atoms with Gasteiger partial charge in [0.2, 0.25) is 0 Å². The molecule has 0 unspecified atom stereocenters. The molecule has 0 aromatic heterocycles. The summed E-state index contributed by atoms with van der Waals surface area (Å²) in [7, 11) is 2.82. The number of methoxy groups -OCH3 is 2. The molecule has 3 aliphatic rings. The van der Waals surface area contributed by atoms with Crippen molar-refractivity contribution in [2.24, 2.45) is 10.8 Å². The van der Waals surface area contributed by atoms with Crippen molar-refractivity contribution in [3.8, 4) is 0 Å². The molecule has 7 nitrogen and oxygen atoms in total. The zero-order valence-electron chi connectivity index (χ0n) is 27.3. The summed E-state index contributed by atoms with van der Waals surface area (Å²) in [6.45, 7) is 8.89. The van der Waals surface area contributed by atoms with Crippen molar-refractivity contribution >= 4 is 11.9 Å². The van der Waals surface area contributed by atoms with Crippen LogP contribution in [0.15, 0.2) is 48.5 Å². The molecule has 2 saturated heterocycles. The van der Waals surface area contributed by atoms with Crippen LogP contribution in [0.4, 0.5) is 0 Å². The second-order valence-electron chi connectivity index (χ2n) is 13.4. The zero-order valence-corrected chi connectivity index (χ0v) is 27.3. The molecular weight excluding hydrogens is 552 g/mol. The topological polar surface area (TPSA) is 79.3 Å². The fourth-order valence-corrected chi connectivity index (χ4v) is 7.43. The Kier molecular flexibility index (Phi) is 12.8. The van der Waals surface area contributed by atoms with Crippen molar-refractivity contribution in [3.63, 3.8) is 0 Å². The average molecular weight is 607 g/mol. The van der Waals surface area contributed by atoms with E-state index in [2.05, 4.69) is 28.9 Å². The van der Waals surface area contributed by atoms with Gasteiger partial charge in [-0.3, -0.25) is 9.80 Å². The lowest BCUT2D eigenvalue weighted by Gasteiger charge is -2.44. The Bertz CT molecular complexity index is 1070. The number of carbonyl (C=O) groups is 2. The van der Waals surface area contributed by atoms with E-state index in [1.54, 1.807) is 0 Å². The largest absolute Gasteiger partial charge is 0.465 e. The minimum absolute atomic E-state index is 0.139. The third kappa shape index (κ3) is 9.38. The third-order valence-corrected chi connectivity index (χ3v) is 10.4. The number of carbonyl (C=O) groups excluding carboxylic acids is 2. The number of esters is 2. The van der Waals surface area contributed by atoms with Gasteiger partial charge in [-0.15, -0.1) is 0 Å². The van der Waals surface area contributed by atoms with Gasteiger partial charge in [0.1, 0.15) is 0 Å². The summed E-state index contributed by atoms with van der Waals surface area (Å²) in [6, 6.07) is 15.5. The molecule has 2 aliphatic heterocycles. The van der Waals surface area contributed by atoms with E-state index in [4.69, 9.17) is 9.47 Å². The predicted molar refractivity (Wildman–Crippen MR) is 175 cm³/mol. The molecule has 0 amide bonds. The van der Waals surface area contributed by atoms with Crippen molar-refractivity contribution in [3.05, 3.63) is 70.8 Å². The number of aliphatic hydroxyl groups excluding tert-OH is 1. The summed E-state index contributed by atoms with van der Waals surface area (Å²) in [5.74, 6) is -0.555. The van der Waals surface area contributed by atoms with Gasteiger partial charge < -0.3 is 14.6 Å². The summed E-state index contributed by atoms with van der Waals surface area (Å²) in [5.41, 5.74) is 4.52. The van der Waals surface area contributed by atoms with Crippen molar-refractivity contribution in [1.29, 1.82) is 0 Å². The fourth-order valence-electron chi connectivity index (χ4n) is 7.43. The fraction of sp³-hybridized carbons (Fsp3) is 0.622. The second-order valence-corrected chi connectivity index (χ2v) is 13.4. The van der Waals surface area contributed by atoms with E-state index in [1.807, 2.05) is 36.4 Å². The highest BCUT2D eigenvalue weighted by molar-refractivity contribution is 5.89. The molecule has 1 spiro atoms. The third-order valence-electron chi connectivity index (χ3n) is 10.4. The van der Waals surface area contributed by atoms with Crippen LogP contribution in [0.5, 0.6) is 0 Å². The van der Waals surface area contributed by atoms with E-state index in [0.717, 1.165) is 51.9 Å². The summed E-state index contributed by atoms with van der Waals surface area (Å²) in [4.78, 5) is 27.9. The van der Waals surface area contributed by atoms with E-state index in [0.29, 0.717) is 23.1 Å². The Morgan fingerprint density at radius 1 is 0.682 bits per heavy atom. The van der Waals surface area contributed by atoms with Crippen LogP contribution in [0.1, 0.15) is 109 Å². The van der Waals surface area contributed by atoms with E-state index in [1.165, 1.54) is 83.4 Å². The van der Waals surface area contributed by atoms with Crippen LogP contribution >= 0.6 is 0 Å². The van der Waals surface area contributed by atoms with Crippen molar-refractivity contribution in [1.82, 2.24) is 9.80 Å². The Morgan fingerprint density at radius 2 is 1.11 bits per heavy atom. The van der Waals surface area contributed by atoms with Crippen molar-refractivity contribution in [2.45, 2.75) is 90.6 Å². The SMILES string of the molecule is CCCC1(CO)CCN(Cc2ccc(C(=O)OC)cc2)CC1.COC(=O)c1ccc(CN2CCC3(CCCCC3)CC2)cc1. The van der Waals surface area contributed by atoms with E-state index >= 15 is 0 Å². The van der Waals surface area contributed by atoms with Crippen LogP contribution in [0, 0.1) is 10.8 Å². The number of hydrogen-bond acceptors (Lipinski definition) is 7. The lowest BCUT2D eigenvalue weighted by atomic mass is 9.68. The summed E-state index contributed by atoms with van der Waals surface area (Å²) >= 11 is 0. The number of piperidine rings is 2. The molecule has 2 heterocycles. The number of likely N-dealkylation sites (tertiary alicyclic amines) is 2. The van der Waals surface area contributed by atoms with Crippen LogP contribution < -0.4 is 0 Å². The number of aliphatic hydroxyl groups is 1. The van der Waals surface area contributed by atoms with E-state index < -0.39 is 0 Å². The predicted octanol–water partition coefficient (Wildman–Crippen LogP) is 6.87. The molecule has 1 saturated carbocycles. The minimum atomic E-state index is -0.295. The van der Waals surface area contributed by atoms with Gasteiger partial charge >= 0.3 is 11.9 Å².